The van der Waals surface area contributed by atoms with Gasteiger partial charge in [-0.05, 0) is 29.3 Å². The summed E-state index contributed by atoms with van der Waals surface area (Å²) in [5, 5.41) is 14.6. The summed E-state index contributed by atoms with van der Waals surface area (Å²) in [6.45, 7) is 0. The molecule has 4 aromatic rings. The molecular formula is C22H14F3N3O2. The van der Waals surface area contributed by atoms with Crippen LogP contribution in [0.3, 0.4) is 0 Å². The Kier molecular flexibility index (Phi) is 4.83. The van der Waals surface area contributed by atoms with Crippen molar-refractivity contribution in [3.05, 3.63) is 101 Å². The maximum Gasteiger partial charge on any atom is 0.435 e. The molecule has 30 heavy (non-hydrogen) atoms. The Labute approximate surface area is 169 Å². The molecule has 0 saturated heterocycles. The molecule has 0 fully saturated rings. The number of nitro benzene ring substituents is 1. The summed E-state index contributed by atoms with van der Waals surface area (Å²) in [7, 11) is 0. The minimum atomic E-state index is -4.62. The summed E-state index contributed by atoms with van der Waals surface area (Å²) < 4.78 is 41.1. The number of nitrogens with zero attached hydrogens (tertiary/aromatic N) is 3. The summed E-state index contributed by atoms with van der Waals surface area (Å²) in [5.41, 5.74) is 1.78. The average molecular weight is 409 g/mol. The van der Waals surface area contributed by atoms with Crippen LogP contribution in [0.1, 0.15) is 5.69 Å². The molecule has 0 aliphatic carbocycles. The molecule has 0 aliphatic rings. The van der Waals surface area contributed by atoms with E-state index in [4.69, 9.17) is 0 Å². The van der Waals surface area contributed by atoms with E-state index in [9.17, 15) is 23.3 Å². The van der Waals surface area contributed by atoms with Crippen LogP contribution in [0.25, 0.3) is 28.1 Å². The van der Waals surface area contributed by atoms with Crippen LogP contribution in [0.2, 0.25) is 0 Å². The van der Waals surface area contributed by atoms with E-state index in [1.54, 1.807) is 12.1 Å². The van der Waals surface area contributed by atoms with E-state index in [0.29, 0.717) is 11.3 Å². The first-order valence-corrected chi connectivity index (χ1v) is 8.91. The quantitative estimate of drug-likeness (QED) is 0.301. The number of alkyl halides is 3. The van der Waals surface area contributed by atoms with Gasteiger partial charge in [0, 0.05) is 17.7 Å². The highest BCUT2D eigenvalue weighted by Crippen LogP contribution is 2.34. The number of nitro groups is 1. The summed E-state index contributed by atoms with van der Waals surface area (Å²) in [6.07, 6.45) is -4.62. The zero-order valence-corrected chi connectivity index (χ0v) is 15.4. The predicted molar refractivity (Wildman–Crippen MR) is 106 cm³/mol. The molecule has 1 aromatic heterocycles. The molecule has 3 aromatic carbocycles. The lowest BCUT2D eigenvalue weighted by molar-refractivity contribution is -0.384. The van der Waals surface area contributed by atoms with Crippen molar-refractivity contribution in [2.45, 2.75) is 6.18 Å². The zero-order chi connectivity index (χ0) is 21.3. The summed E-state index contributed by atoms with van der Waals surface area (Å²) in [6, 6.07) is 22.9. The Morgan fingerprint density at radius 2 is 1.37 bits per heavy atom. The molecular weight excluding hydrogens is 395 g/mol. The first-order chi connectivity index (χ1) is 14.3. The van der Waals surface area contributed by atoms with Gasteiger partial charge in [-0.15, -0.1) is 0 Å². The number of non-ortho nitro benzene ring substituents is 1. The van der Waals surface area contributed by atoms with E-state index in [1.807, 2.05) is 42.5 Å². The Bertz CT molecular complexity index is 1180. The van der Waals surface area contributed by atoms with Gasteiger partial charge < -0.3 is 0 Å². The Morgan fingerprint density at radius 1 is 0.800 bits per heavy atom. The van der Waals surface area contributed by atoms with Gasteiger partial charge in [0.05, 0.1) is 16.3 Å². The highest BCUT2D eigenvalue weighted by atomic mass is 19.4. The van der Waals surface area contributed by atoms with Crippen LogP contribution in [0.4, 0.5) is 18.9 Å². The number of rotatable bonds is 4. The van der Waals surface area contributed by atoms with Gasteiger partial charge in [0.2, 0.25) is 0 Å². The van der Waals surface area contributed by atoms with Crippen molar-refractivity contribution in [2.75, 3.05) is 0 Å². The van der Waals surface area contributed by atoms with Crippen molar-refractivity contribution in [2.24, 2.45) is 0 Å². The second-order valence-electron chi connectivity index (χ2n) is 6.54. The van der Waals surface area contributed by atoms with Gasteiger partial charge in [-0.2, -0.15) is 18.3 Å². The Morgan fingerprint density at radius 3 is 1.93 bits per heavy atom. The summed E-state index contributed by atoms with van der Waals surface area (Å²) in [4.78, 5) is 10.3. The average Bonchev–Trinajstić information content (AvgIpc) is 3.21. The highest BCUT2D eigenvalue weighted by molar-refractivity contribution is 5.70. The molecule has 0 N–H and O–H groups in total. The third kappa shape index (κ3) is 3.80. The lowest BCUT2D eigenvalue weighted by atomic mass is 10.0. The van der Waals surface area contributed by atoms with Gasteiger partial charge in [0.25, 0.3) is 5.69 Å². The fraction of sp³-hybridized carbons (Fsp3) is 0.0455. The monoisotopic (exact) mass is 409 g/mol. The second kappa shape index (κ2) is 7.47. The Balaban J connectivity index is 1.78. The molecule has 8 heteroatoms. The molecule has 0 radical (unpaired) electrons. The molecule has 0 amide bonds. The normalized spacial score (nSPS) is 11.4. The largest absolute Gasteiger partial charge is 0.435 e. The van der Waals surface area contributed by atoms with Crippen molar-refractivity contribution < 1.29 is 18.1 Å². The third-order valence-electron chi connectivity index (χ3n) is 4.59. The summed E-state index contributed by atoms with van der Waals surface area (Å²) in [5.74, 6) is 0. The molecule has 0 bridgehead atoms. The third-order valence-corrected chi connectivity index (χ3v) is 4.59. The maximum absolute atomic E-state index is 13.3. The van der Waals surface area contributed by atoms with Crippen LogP contribution in [0, 0.1) is 10.1 Å². The highest BCUT2D eigenvalue weighted by Gasteiger charge is 2.35. The van der Waals surface area contributed by atoms with Crippen molar-refractivity contribution in [1.29, 1.82) is 0 Å². The van der Waals surface area contributed by atoms with Gasteiger partial charge in [0.1, 0.15) is 0 Å². The van der Waals surface area contributed by atoms with Crippen LogP contribution in [-0.2, 0) is 6.18 Å². The first kappa shape index (κ1) is 19.4. The van der Waals surface area contributed by atoms with E-state index < -0.39 is 16.8 Å². The van der Waals surface area contributed by atoms with Crippen molar-refractivity contribution in [1.82, 2.24) is 9.78 Å². The molecule has 4 rings (SSSR count). The topological polar surface area (TPSA) is 61.0 Å². The van der Waals surface area contributed by atoms with Crippen LogP contribution < -0.4 is 0 Å². The molecule has 0 aliphatic heterocycles. The molecule has 0 unspecified atom stereocenters. The molecule has 150 valence electrons. The molecule has 0 atom stereocenters. The maximum atomic E-state index is 13.3. The summed E-state index contributed by atoms with van der Waals surface area (Å²) >= 11 is 0. The van der Waals surface area contributed by atoms with Gasteiger partial charge in [-0.1, -0.05) is 54.6 Å². The Hall–Kier alpha value is -3.94. The standard InChI is InChI=1S/C22H14F3N3O2/c23-22(24,25)21-14-20(27(26-21)18-10-12-19(13-11-18)28(29)30)17-8-6-16(7-9-17)15-4-2-1-3-5-15/h1-14H. The minimum absolute atomic E-state index is 0.157. The van der Waals surface area contributed by atoms with E-state index in [0.717, 1.165) is 21.9 Å². The second-order valence-corrected chi connectivity index (χ2v) is 6.54. The molecule has 1 heterocycles. The predicted octanol–water partition coefficient (Wildman–Crippen LogP) is 6.13. The lowest BCUT2D eigenvalue weighted by Gasteiger charge is -2.09. The van der Waals surface area contributed by atoms with Gasteiger partial charge in [-0.3, -0.25) is 10.1 Å². The number of benzene rings is 3. The van der Waals surface area contributed by atoms with Crippen molar-refractivity contribution in [3.8, 4) is 28.1 Å². The molecule has 0 saturated carbocycles. The van der Waals surface area contributed by atoms with Gasteiger partial charge in [-0.25, -0.2) is 4.68 Å². The van der Waals surface area contributed by atoms with Gasteiger partial charge in [0.15, 0.2) is 5.69 Å². The van der Waals surface area contributed by atoms with E-state index in [1.165, 1.54) is 24.3 Å². The fourth-order valence-electron chi connectivity index (χ4n) is 3.10. The SMILES string of the molecule is O=[N+]([O-])c1ccc(-n2nc(C(F)(F)F)cc2-c2ccc(-c3ccccc3)cc2)cc1. The van der Waals surface area contributed by atoms with Crippen LogP contribution in [-0.4, -0.2) is 14.7 Å². The minimum Gasteiger partial charge on any atom is -0.258 e. The first-order valence-electron chi connectivity index (χ1n) is 8.91. The zero-order valence-electron chi connectivity index (χ0n) is 15.4. The van der Waals surface area contributed by atoms with Gasteiger partial charge >= 0.3 is 6.18 Å². The van der Waals surface area contributed by atoms with Crippen LogP contribution in [0.15, 0.2) is 84.9 Å². The van der Waals surface area contributed by atoms with Crippen LogP contribution in [0.5, 0.6) is 0 Å². The van der Waals surface area contributed by atoms with Crippen molar-refractivity contribution >= 4 is 5.69 Å². The number of aromatic nitrogens is 2. The molecule has 5 nitrogen and oxygen atoms in total. The number of halogens is 3. The number of hydrogen-bond donors (Lipinski definition) is 0. The molecule has 0 spiro atoms. The number of hydrogen-bond acceptors (Lipinski definition) is 3. The van der Waals surface area contributed by atoms with E-state index in [2.05, 4.69) is 5.10 Å². The fourth-order valence-corrected chi connectivity index (χ4v) is 3.10. The van der Waals surface area contributed by atoms with Crippen LogP contribution >= 0.6 is 0 Å². The smallest absolute Gasteiger partial charge is 0.258 e. The van der Waals surface area contributed by atoms with E-state index >= 15 is 0 Å². The van der Waals surface area contributed by atoms with E-state index in [-0.39, 0.29) is 11.4 Å². The van der Waals surface area contributed by atoms with Crippen molar-refractivity contribution in [3.63, 3.8) is 0 Å². The lowest BCUT2D eigenvalue weighted by Crippen LogP contribution is -2.07.